The largest absolute Gasteiger partial charge is 0.506 e. The van der Waals surface area contributed by atoms with Crippen molar-refractivity contribution in [1.29, 1.82) is 0 Å². The van der Waals surface area contributed by atoms with Gasteiger partial charge in [-0.2, -0.15) is 0 Å². The lowest BCUT2D eigenvalue weighted by molar-refractivity contribution is -0.120. The average molecular weight is 863 g/mol. The number of carbonyl (C=O) groups excluding carboxylic acids is 3. The Labute approximate surface area is 374 Å². The number of amides is 3. The van der Waals surface area contributed by atoms with E-state index in [0.717, 1.165) is 77.8 Å². The fourth-order valence-corrected chi connectivity index (χ4v) is 8.31. The van der Waals surface area contributed by atoms with Crippen LogP contribution in [0.15, 0.2) is 132 Å². The zero-order valence-electron chi connectivity index (χ0n) is 36.6. The predicted molar refractivity (Wildman–Crippen MR) is 254 cm³/mol. The van der Waals surface area contributed by atoms with Crippen LogP contribution in [0.3, 0.4) is 0 Å². The number of piperidine rings is 1. The standard InChI is InChI=1S/C52H58N6O6/c1-36(53-29-24-41-17-21-47(59)51-45(41)20-22-48(60)56-51)33-39-10-8-9-37(34-39)23-28-54-49(61)35-38-15-18-42(19-16-38)57(2)50(62)27-32-58-30-25-43(26-31-58)64-52(63)55-46-14-7-6-13-44(46)40-11-4-3-5-12-40/h3-22,34,36,43,53,59H,23-33,35H2,1-2H3,(H,54,61)(H,55,63)(H,56,60). The van der Waals surface area contributed by atoms with E-state index in [1.165, 1.54) is 11.6 Å². The highest BCUT2D eigenvalue weighted by atomic mass is 16.6. The molecule has 5 aromatic carbocycles. The summed E-state index contributed by atoms with van der Waals surface area (Å²) in [6, 6.07) is 40.6. The normalized spacial score (nSPS) is 13.6. The summed E-state index contributed by atoms with van der Waals surface area (Å²) in [4.78, 5) is 57.2. The van der Waals surface area contributed by atoms with Crippen LogP contribution in [0.4, 0.5) is 16.2 Å². The number of hydrogen-bond acceptors (Lipinski definition) is 8. The summed E-state index contributed by atoms with van der Waals surface area (Å²) < 4.78 is 5.78. The number of ether oxygens (including phenoxy) is 1. The van der Waals surface area contributed by atoms with Crippen molar-refractivity contribution in [3.63, 3.8) is 0 Å². The molecular weight excluding hydrogens is 805 g/mol. The molecule has 0 aliphatic carbocycles. The number of carbonyl (C=O) groups is 3. The number of anilines is 2. The number of rotatable bonds is 18. The maximum atomic E-state index is 13.2. The summed E-state index contributed by atoms with van der Waals surface area (Å²) in [5, 5.41) is 20.6. The summed E-state index contributed by atoms with van der Waals surface area (Å²) in [6.45, 7) is 5.54. The van der Waals surface area contributed by atoms with Gasteiger partial charge in [0.2, 0.25) is 17.4 Å². The van der Waals surface area contributed by atoms with Crippen molar-refractivity contribution < 1.29 is 24.2 Å². The highest BCUT2D eigenvalue weighted by Crippen LogP contribution is 2.28. The summed E-state index contributed by atoms with van der Waals surface area (Å²) in [7, 11) is 1.78. The van der Waals surface area contributed by atoms with Gasteiger partial charge in [0.05, 0.1) is 17.6 Å². The Morgan fingerprint density at radius 2 is 1.58 bits per heavy atom. The van der Waals surface area contributed by atoms with E-state index in [0.29, 0.717) is 43.6 Å². The Bertz CT molecular complexity index is 2570. The van der Waals surface area contributed by atoms with Crippen LogP contribution in [0, 0.1) is 0 Å². The molecule has 0 saturated carbocycles. The van der Waals surface area contributed by atoms with Crippen LogP contribution in [0.1, 0.15) is 48.4 Å². The number of aromatic nitrogens is 1. The van der Waals surface area contributed by atoms with Gasteiger partial charge >= 0.3 is 6.09 Å². The number of phenolic OH excluding ortho intramolecular Hbond substituents is 1. The highest BCUT2D eigenvalue weighted by molar-refractivity contribution is 5.93. The van der Waals surface area contributed by atoms with Gasteiger partial charge in [-0.25, -0.2) is 4.79 Å². The molecule has 1 aliphatic heterocycles. The smallest absolute Gasteiger partial charge is 0.411 e. The summed E-state index contributed by atoms with van der Waals surface area (Å²) >= 11 is 0. The molecule has 0 bridgehead atoms. The van der Waals surface area contributed by atoms with Gasteiger partial charge in [0.25, 0.3) is 0 Å². The Morgan fingerprint density at radius 1 is 0.828 bits per heavy atom. The quantitative estimate of drug-likeness (QED) is 0.0591. The second-order valence-corrected chi connectivity index (χ2v) is 16.6. The lowest BCUT2D eigenvalue weighted by Crippen LogP contribution is -2.40. The highest BCUT2D eigenvalue weighted by Gasteiger charge is 2.24. The van der Waals surface area contributed by atoms with E-state index < -0.39 is 6.09 Å². The molecule has 1 unspecified atom stereocenters. The molecule has 1 aliphatic rings. The number of H-pyrrole nitrogens is 1. The molecule has 1 aromatic heterocycles. The number of hydrogen-bond donors (Lipinski definition) is 5. The molecule has 7 rings (SSSR count). The van der Waals surface area contributed by atoms with Gasteiger partial charge in [-0.05, 0) is 104 Å². The summed E-state index contributed by atoms with van der Waals surface area (Å²) in [5.74, 6) is 0.0233. The molecule has 12 nitrogen and oxygen atoms in total. The van der Waals surface area contributed by atoms with E-state index in [1.54, 1.807) is 24.1 Å². The van der Waals surface area contributed by atoms with Crippen molar-refractivity contribution >= 4 is 40.2 Å². The van der Waals surface area contributed by atoms with Crippen LogP contribution in [0.25, 0.3) is 22.0 Å². The van der Waals surface area contributed by atoms with Gasteiger partial charge in [0.15, 0.2) is 0 Å². The van der Waals surface area contributed by atoms with E-state index in [2.05, 4.69) is 57.0 Å². The molecule has 0 radical (unpaired) electrons. The third-order valence-corrected chi connectivity index (χ3v) is 11.9. The van der Waals surface area contributed by atoms with Crippen LogP contribution < -0.4 is 26.4 Å². The minimum Gasteiger partial charge on any atom is -0.506 e. The fourth-order valence-electron chi connectivity index (χ4n) is 8.31. The number of nitrogens with zero attached hydrogens (tertiary/aromatic N) is 2. The maximum Gasteiger partial charge on any atom is 0.411 e. The van der Waals surface area contributed by atoms with Crippen molar-refractivity contribution in [1.82, 2.24) is 20.5 Å². The zero-order chi connectivity index (χ0) is 44.8. The monoisotopic (exact) mass is 862 g/mol. The third-order valence-electron chi connectivity index (χ3n) is 11.9. The molecule has 64 heavy (non-hydrogen) atoms. The number of phenols is 1. The first-order chi connectivity index (χ1) is 31.1. The number of fused-ring (bicyclic) bond motifs is 1. The van der Waals surface area contributed by atoms with Crippen LogP contribution in [-0.2, 0) is 40.0 Å². The van der Waals surface area contributed by atoms with E-state index in [9.17, 15) is 24.3 Å². The number of pyridine rings is 1. The van der Waals surface area contributed by atoms with Crippen molar-refractivity contribution in [3.05, 3.63) is 160 Å². The molecule has 6 aromatic rings. The Balaban J connectivity index is 0.769. The van der Waals surface area contributed by atoms with Gasteiger partial charge in [0, 0.05) is 68.4 Å². The van der Waals surface area contributed by atoms with Crippen LogP contribution in [-0.4, -0.2) is 84.8 Å². The summed E-state index contributed by atoms with van der Waals surface area (Å²) in [6.07, 6.45) is 3.70. The van der Waals surface area contributed by atoms with Crippen LogP contribution in [0.2, 0.25) is 0 Å². The number of para-hydroxylation sites is 1. The minimum absolute atomic E-state index is 0.00921. The predicted octanol–water partition coefficient (Wildman–Crippen LogP) is 7.63. The fraction of sp³-hybridized carbons (Fsp3) is 0.308. The van der Waals surface area contributed by atoms with Gasteiger partial charge in [-0.3, -0.25) is 19.7 Å². The molecule has 5 N–H and O–H groups in total. The number of likely N-dealkylation sites (tertiary alicyclic amines) is 1. The first-order valence-corrected chi connectivity index (χ1v) is 22.2. The second-order valence-electron chi connectivity index (χ2n) is 16.6. The van der Waals surface area contributed by atoms with Crippen LogP contribution >= 0.6 is 0 Å². The second kappa shape index (κ2) is 22.0. The molecule has 1 saturated heterocycles. The Morgan fingerprint density at radius 3 is 2.38 bits per heavy atom. The first kappa shape index (κ1) is 45.3. The number of benzene rings is 5. The van der Waals surface area contributed by atoms with Gasteiger partial charge in [-0.15, -0.1) is 0 Å². The first-order valence-electron chi connectivity index (χ1n) is 22.2. The van der Waals surface area contributed by atoms with Gasteiger partial charge in [-0.1, -0.05) is 91.0 Å². The molecule has 2 heterocycles. The Hall–Kier alpha value is -6.76. The Kier molecular flexibility index (Phi) is 15.6. The molecular formula is C52H58N6O6. The molecule has 1 atom stereocenters. The van der Waals surface area contributed by atoms with Crippen molar-refractivity contribution in [2.75, 3.05) is 50.0 Å². The van der Waals surface area contributed by atoms with E-state index >= 15 is 0 Å². The van der Waals surface area contributed by atoms with Crippen molar-refractivity contribution in [3.8, 4) is 16.9 Å². The molecule has 0 spiro atoms. The van der Waals surface area contributed by atoms with Crippen LogP contribution in [0.5, 0.6) is 5.75 Å². The number of aromatic amines is 1. The number of aromatic hydroxyl groups is 1. The lowest BCUT2D eigenvalue weighted by Gasteiger charge is -2.31. The van der Waals surface area contributed by atoms with E-state index in [1.807, 2.05) is 84.9 Å². The maximum absolute atomic E-state index is 13.2. The topological polar surface area (TPSA) is 156 Å². The summed E-state index contributed by atoms with van der Waals surface area (Å²) in [5.41, 5.74) is 7.96. The average Bonchev–Trinajstić information content (AvgIpc) is 3.30. The lowest BCUT2D eigenvalue weighted by atomic mass is 10.0. The van der Waals surface area contributed by atoms with Crippen molar-refractivity contribution in [2.24, 2.45) is 0 Å². The van der Waals surface area contributed by atoms with E-state index in [-0.39, 0.29) is 41.7 Å². The molecule has 1 fully saturated rings. The van der Waals surface area contributed by atoms with Gasteiger partial charge in [0.1, 0.15) is 11.9 Å². The van der Waals surface area contributed by atoms with Gasteiger partial charge < -0.3 is 35.3 Å². The molecule has 332 valence electrons. The molecule has 12 heteroatoms. The minimum atomic E-state index is -0.462. The third kappa shape index (κ3) is 12.7. The van der Waals surface area contributed by atoms with E-state index in [4.69, 9.17) is 4.74 Å². The SMILES string of the molecule is CC(Cc1cccc(CCNC(=O)Cc2ccc(N(C)C(=O)CCN3CCC(OC(=O)Nc4ccccc4-c4ccccc4)CC3)cc2)c1)NCCc1ccc(O)c2[nH]c(=O)ccc12. The molecule has 3 amide bonds. The number of nitrogens with one attached hydrogen (secondary N) is 4. The van der Waals surface area contributed by atoms with Crippen molar-refractivity contribution in [2.45, 2.75) is 64.0 Å². The zero-order valence-corrected chi connectivity index (χ0v) is 36.6.